The lowest BCUT2D eigenvalue weighted by atomic mass is 10.0. The molecule has 2 rings (SSSR count). The molecule has 0 saturated carbocycles. The van der Waals surface area contributed by atoms with Crippen LogP contribution >= 0.6 is 23.2 Å². The van der Waals surface area contributed by atoms with Gasteiger partial charge < -0.3 is 10.2 Å². The largest absolute Gasteiger partial charge is 0.352 e. The van der Waals surface area contributed by atoms with Crippen LogP contribution in [0.25, 0.3) is 0 Å². The van der Waals surface area contributed by atoms with Gasteiger partial charge in [0, 0.05) is 22.6 Å². The molecule has 7 nitrogen and oxygen atoms in total. The van der Waals surface area contributed by atoms with Crippen molar-refractivity contribution in [1.29, 1.82) is 0 Å². The lowest BCUT2D eigenvalue weighted by Gasteiger charge is -2.33. The van der Waals surface area contributed by atoms with E-state index in [-0.39, 0.29) is 24.4 Å². The molecule has 0 heterocycles. The van der Waals surface area contributed by atoms with E-state index >= 15 is 0 Å². The quantitative estimate of drug-likeness (QED) is 0.360. The highest BCUT2D eigenvalue weighted by Gasteiger charge is 2.32. The second kappa shape index (κ2) is 13.5. The molecule has 0 radical (unpaired) electrons. The van der Waals surface area contributed by atoms with E-state index < -0.39 is 28.5 Å². The van der Waals surface area contributed by atoms with Crippen molar-refractivity contribution in [2.45, 2.75) is 72.0 Å². The Balaban J connectivity index is 2.47. The zero-order chi connectivity index (χ0) is 27.9. The number of benzene rings is 2. The first kappa shape index (κ1) is 30.9. The number of hydrogen-bond acceptors (Lipinski definition) is 4. The van der Waals surface area contributed by atoms with Crippen molar-refractivity contribution in [2.75, 3.05) is 17.1 Å². The first-order chi connectivity index (χ1) is 17.3. The number of carbonyl (C=O) groups excluding carboxylic acids is 2. The molecule has 2 atom stereocenters. The van der Waals surface area contributed by atoms with Crippen molar-refractivity contribution in [3.8, 4) is 0 Å². The number of nitrogens with zero attached hydrogens (tertiary/aromatic N) is 2. The van der Waals surface area contributed by atoms with E-state index in [4.69, 9.17) is 23.2 Å². The van der Waals surface area contributed by atoms with Gasteiger partial charge in [0.2, 0.25) is 21.8 Å². The van der Waals surface area contributed by atoms with Crippen LogP contribution in [-0.4, -0.2) is 50.0 Å². The fourth-order valence-electron chi connectivity index (χ4n) is 3.83. The summed E-state index contributed by atoms with van der Waals surface area (Å²) >= 11 is 12.4. The van der Waals surface area contributed by atoms with Gasteiger partial charge in [-0.1, -0.05) is 69.1 Å². The number of carbonyl (C=O) groups is 2. The molecule has 10 heteroatoms. The van der Waals surface area contributed by atoms with Gasteiger partial charge in [-0.25, -0.2) is 8.42 Å². The van der Waals surface area contributed by atoms with Crippen LogP contribution in [0.2, 0.25) is 10.0 Å². The summed E-state index contributed by atoms with van der Waals surface area (Å²) in [6.45, 7) is 9.30. The summed E-state index contributed by atoms with van der Waals surface area (Å²) in [7, 11) is -3.80. The Bertz CT molecular complexity index is 1190. The summed E-state index contributed by atoms with van der Waals surface area (Å²) in [4.78, 5) is 28.3. The molecule has 0 aliphatic heterocycles. The third-order valence-corrected chi connectivity index (χ3v) is 8.00. The summed E-state index contributed by atoms with van der Waals surface area (Å²) in [5.74, 6) is -0.547. The van der Waals surface area contributed by atoms with Gasteiger partial charge in [-0.2, -0.15) is 0 Å². The maximum Gasteiger partial charge on any atom is 0.244 e. The summed E-state index contributed by atoms with van der Waals surface area (Å²) in [6.07, 6.45) is 2.12. The number of halogens is 2. The summed E-state index contributed by atoms with van der Waals surface area (Å²) < 4.78 is 26.6. The van der Waals surface area contributed by atoms with Crippen molar-refractivity contribution in [2.24, 2.45) is 0 Å². The van der Waals surface area contributed by atoms with Gasteiger partial charge >= 0.3 is 0 Å². The molecule has 0 spiro atoms. The molecule has 0 aromatic heterocycles. The molecule has 2 aromatic rings. The fourth-order valence-corrected chi connectivity index (χ4v) is 5.15. The Hall–Kier alpha value is -2.29. The highest BCUT2D eigenvalue weighted by Crippen LogP contribution is 2.26. The van der Waals surface area contributed by atoms with Crippen molar-refractivity contribution in [3.05, 3.63) is 63.6 Å². The third kappa shape index (κ3) is 8.62. The van der Waals surface area contributed by atoms with Crippen LogP contribution < -0.4 is 9.62 Å². The number of amides is 2. The van der Waals surface area contributed by atoms with E-state index in [0.717, 1.165) is 22.5 Å². The minimum Gasteiger partial charge on any atom is -0.352 e. The van der Waals surface area contributed by atoms with Gasteiger partial charge in [0.15, 0.2) is 0 Å². The predicted molar refractivity (Wildman–Crippen MR) is 152 cm³/mol. The van der Waals surface area contributed by atoms with Crippen molar-refractivity contribution < 1.29 is 18.0 Å². The Morgan fingerprint density at radius 2 is 1.59 bits per heavy atom. The zero-order valence-corrected chi connectivity index (χ0v) is 24.6. The second-order valence-corrected chi connectivity index (χ2v) is 12.3. The van der Waals surface area contributed by atoms with Crippen LogP contribution in [0, 0.1) is 0 Å². The topological polar surface area (TPSA) is 86.8 Å². The molecule has 0 fully saturated rings. The van der Waals surface area contributed by atoms with E-state index in [1.165, 1.54) is 4.90 Å². The number of nitrogens with one attached hydrogen (secondary N) is 1. The normalized spacial score (nSPS) is 13.2. The van der Waals surface area contributed by atoms with E-state index in [9.17, 15) is 18.0 Å². The Morgan fingerprint density at radius 3 is 2.08 bits per heavy atom. The standard InChI is InChI=1S/C27H37Cl2N3O4S/c1-7-19(5)30-27(34)25(8-2)31(16-21-9-12-22(28)15-24(21)29)26(33)17-32(37(6,35)36)23-13-10-20(11-14-23)18(3)4/h9-15,18-19,25H,7-8,16-17H2,1-6H3,(H,30,34)/t19-,25+/m1/s1. The summed E-state index contributed by atoms with van der Waals surface area (Å²) in [5, 5.41) is 3.74. The molecule has 2 amide bonds. The van der Waals surface area contributed by atoms with E-state index in [0.29, 0.717) is 27.7 Å². The molecule has 204 valence electrons. The van der Waals surface area contributed by atoms with Gasteiger partial charge in [0.05, 0.1) is 11.9 Å². The molecule has 0 aliphatic rings. The van der Waals surface area contributed by atoms with Gasteiger partial charge in [-0.05, 0) is 61.1 Å². The van der Waals surface area contributed by atoms with E-state index in [2.05, 4.69) is 5.32 Å². The SMILES string of the molecule is CC[C@@H](C)NC(=O)[C@H](CC)N(Cc1ccc(Cl)cc1Cl)C(=O)CN(c1ccc(C(C)C)cc1)S(C)(=O)=O. The minimum absolute atomic E-state index is 0.0190. The van der Waals surface area contributed by atoms with Crippen molar-refractivity contribution in [3.63, 3.8) is 0 Å². The summed E-state index contributed by atoms with van der Waals surface area (Å²) in [6, 6.07) is 11.1. The van der Waals surface area contributed by atoms with Gasteiger partial charge in [-0.15, -0.1) is 0 Å². The molecule has 0 bridgehead atoms. The number of rotatable bonds is 12. The fraction of sp³-hybridized carbons (Fsp3) is 0.481. The Morgan fingerprint density at radius 1 is 0.973 bits per heavy atom. The smallest absolute Gasteiger partial charge is 0.244 e. The zero-order valence-electron chi connectivity index (χ0n) is 22.3. The summed E-state index contributed by atoms with van der Waals surface area (Å²) in [5.41, 5.74) is 2.03. The number of hydrogen-bond donors (Lipinski definition) is 1. The molecule has 0 saturated heterocycles. The van der Waals surface area contributed by atoms with Gasteiger partial charge in [0.25, 0.3) is 0 Å². The van der Waals surface area contributed by atoms with Crippen molar-refractivity contribution >= 4 is 50.7 Å². The minimum atomic E-state index is -3.80. The van der Waals surface area contributed by atoms with Gasteiger partial charge in [-0.3, -0.25) is 13.9 Å². The number of anilines is 1. The Kier molecular flexibility index (Phi) is 11.3. The van der Waals surface area contributed by atoms with Crippen LogP contribution in [0.15, 0.2) is 42.5 Å². The molecule has 0 aliphatic carbocycles. The lowest BCUT2D eigenvalue weighted by Crippen LogP contribution is -2.53. The molecular formula is C27H37Cl2N3O4S. The number of sulfonamides is 1. The molecule has 1 N–H and O–H groups in total. The first-order valence-electron chi connectivity index (χ1n) is 12.4. The van der Waals surface area contributed by atoms with E-state index in [1.807, 2.05) is 46.8 Å². The molecular weight excluding hydrogens is 533 g/mol. The third-order valence-electron chi connectivity index (χ3n) is 6.27. The highest BCUT2D eigenvalue weighted by atomic mass is 35.5. The first-order valence-corrected chi connectivity index (χ1v) is 15.0. The van der Waals surface area contributed by atoms with E-state index in [1.54, 1.807) is 30.3 Å². The highest BCUT2D eigenvalue weighted by molar-refractivity contribution is 7.92. The predicted octanol–water partition coefficient (Wildman–Crippen LogP) is 5.60. The van der Waals surface area contributed by atoms with Crippen molar-refractivity contribution in [1.82, 2.24) is 10.2 Å². The van der Waals surface area contributed by atoms with Crippen LogP contribution in [0.3, 0.4) is 0 Å². The Labute approximate surface area is 231 Å². The lowest BCUT2D eigenvalue weighted by molar-refractivity contribution is -0.140. The average molecular weight is 571 g/mol. The van der Waals surface area contributed by atoms with Crippen LogP contribution in [-0.2, 0) is 26.2 Å². The van der Waals surface area contributed by atoms with Crippen LogP contribution in [0.1, 0.15) is 64.5 Å². The molecule has 2 aromatic carbocycles. The molecule has 37 heavy (non-hydrogen) atoms. The molecule has 0 unspecified atom stereocenters. The maximum absolute atomic E-state index is 13.8. The van der Waals surface area contributed by atoms with Crippen LogP contribution in [0.4, 0.5) is 5.69 Å². The van der Waals surface area contributed by atoms with Gasteiger partial charge in [0.1, 0.15) is 12.6 Å². The van der Waals surface area contributed by atoms with Crippen LogP contribution in [0.5, 0.6) is 0 Å². The maximum atomic E-state index is 13.8. The average Bonchev–Trinajstić information content (AvgIpc) is 2.82. The second-order valence-electron chi connectivity index (χ2n) is 9.52. The monoisotopic (exact) mass is 569 g/mol.